The lowest BCUT2D eigenvalue weighted by molar-refractivity contribution is -0.136. The van der Waals surface area contributed by atoms with Crippen LogP contribution in [-0.4, -0.2) is 79.7 Å². The summed E-state index contributed by atoms with van der Waals surface area (Å²) < 4.78 is 39.8. The number of fused-ring (bicyclic) bond motifs is 3. The number of rotatable bonds is 12. The number of likely N-dealkylation sites (N-methyl/N-ethyl adjacent to an activating group) is 1. The molecule has 49 heavy (non-hydrogen) atoms. The number of sulfonamides is 1. The maximum absolute atomic E-state index is 13.7. The summed E-state index contributed by atoms with van der Waals surface area (Å²) in [5.41, 5.74) is 3.54. The van der Waals surface area contributed by atoms with Crippen molar-refractivity contribution in [2.45, 2.75) is 105 Å². The molecular formula is C39H58N4O5S. The van der Waals surface area contributed by atoms with Crippen LogP contribution in [0.1, 0.15) is 83.9 Å². The molecule has 10 heteroatoms. The van der Waals surface area contributed by atoms with Gasteiger partial charge in [-0.2, -0.15) is 4.31 Å². The molecule has 2 bridgehead atoms. The van der Waals surface area contributed by atoms with E-state index in [1.807, 2.05) is 24.3 Å². The zero-order valence-electron chi connectivity index (χ0n) is 30.9. The molecule has 5 aliphatic rings. The van der Waals surface area contributed by atoms with Crippen molar-refractivity contribution in [2.75, 3.05) is 33.2 Å². The summed E-state index contributed by atoms with van der Waals surface area (Å²) in [6.45, 7) is 16.5. The molecule has 2 aliphatic heterocycles. The van der Waals surface area contributed by atoms with Crippen LogP contribution in [-0.2, 0) is 34.5 Å². The molecule has 1 N–H and O–H groups in total. The first-order chi connectivity index (χ1) is 23.0. The normalized spacial score (nSPS) is 27.7. The molecule has 3 aliphatic carbocycles. The summed E-state index contributed by atoms with van der Waals surface area (Å²) in [6, 6.07) is 14.0. The molecule has 0 spiro atoms. The Morgan fingerprint density at radius 3 is 2.49 bits per heavy atom. The van der Waals surface area contributed by atoms with Gasteiger partial charge in [0.25, 0.3) is 0 Å². The lowest BCUT2D eigenvalue weighted by atomic mass is 9.45. The molecule has 6 atom stereocenters. The number of carbonyl (C=O) groups excluding carboxylic acids is 1. The molecule has 3 saturated carbocycles. The smallest absolute Gasteiger partial charge is 0.238 e. The van der Waals surface area contributed by atoms with Crippen molar-refractivity contribution in [3.63, 3.8) is 0 Å². The number of carbonyl (C=O) groups is 1. The van der Waals surface area contributed by atoms with Gasteiger partial charge in [0.15, 0.2) is 11.5 Å². The van der Waals surface area contributed by atoms with E-state index in [9.17, 15) is 13.2 Å². The fourth-order valence-corrected chi connectivity index (χ4v) is 10.8. The molecule has 2 heterocycles. The molecule has 7 rings (SSSR count). The Hall–Kier alpha value is -2.66. The topological polar surface area (TPSA) is 91.4 Å². The second kappa shape index (κ2) is 13.8. The average Bonchev–Trinajstić information content (AvgIpc) is 3.61. The van der Waals surface area contributed by atoms with E-state index in [4.69, 9.17) is 9.47 Å². The molecule has 270 valence electrons. The lowest BCUT2D eigenvalue weighted by Gasteiger charge is -2.62. The van der Waals surface area contributed by atoms with Crippen LogP contribution in [0.5, 0.6) is 11.5 Å². The Balaban J connectivity index is 1.20. The first-order valence-corrected chi connectivity index (χ1v) is 19.8. The van der Waals surface area contributed by atoms with E-state index in [0.717, 1.165) is 47.6 Å². The summed E-state index contributed by atoms with van der Waals surface area (Å²) in [5, 5.41) is 3.31. The third-order valence-electron chi connectivity index (χ3n) is 11.8. The molecule has 2 aromatic rings. The van der Waals surface area contributed by atoms with E-state index in [2.05, 4.69) is 89.0 Å². The Labute approximate surface area is 294 Å². The zero-order valence-corrected chi connectivity index (χ0v) is 31.7. The predicted molar refractivity (Wildman–Crippen MR) is 193 cm³/mol. The standard InChI is InChI=1S/C39H58N4O5S/c1-26-32-18-30(39(32,5)6)19-33(26)40-37(44)34-15-16-49(45,46)43(34)22-28-12-9-11-27(17-28)21-42(31(24-41(7)8)20-38(2,3)4)23-29-13-10-14-35-36(29)48-25-47-35/h9-14,17,26,30-34H,15-16,18-25H2,1-8H3,(H,40,44)/t26-,30+,31-,32-,33-,34?/m0/s1. The number of benzene rings is 2. The molecule has 2 aromatic carbocycles. The van der Waals surface area contributed by atoms with Crippen molar-refractivity contribution in [1.82, 2.24) is 19.4 Å². The molecule has 4 fully saturated rings. The molecule has 1 saturated heterocycles. The summed E-state index contributed by atoms with van der Waals surface area (Å²) in [5.74, 6) is 3.07. The number of hydrogen-bond donors (Lipinski definition) is 1. The van der Waals surface area contributed by atoms with Gasteiger partial charge in [-0.25, -0.2) is 8.42 Å². The van der Waals surface area contributed by atoms with Gasteiger partial charge in [0.2, 0.25) is 22.7 Å². The van der Waals surface area contributed by atoms with E-state index >= 15 is 0 Å². The number of para-hydroxylation sites is 1. The van der Waals surface area contributed by atoms with Crippen molar-refractivity contribution >= 4 is 15.9 Å². The second-order valence-corrected chi connectivity index (χ2v) is 19.3. The van der Waals surface area contributed by atoms with E-state index < -0.39 is 16.1 Å². The van der Waals surface area contributed by atoms with Crippen LogP contribution >= 0.6 is 0 Å². The van der Waals surface area contributed by atoms with Crippen molar-refractivity contribution in [2.24, 2.45) is 28.6 Å². The second-order valence-electron chi connectivity index (χ2n) is 17.3. The highest BCUT2D eigenvalue weighted by Gasteiger charge is 2.56. The molecule has 9 nitrogen and oxygen atoms in total. The fourth-order valence-electron chi connectivity index (χ4n) is 9.13. The summed E-state index contributed by atoms with van der Waals surface area (Å²) in [4.78, 5) is 18.5. The van der Waals surface area contributed by atoms with Gasteiger partial charge in [-0.05, 0) is 85.6 Å². The Bertz CT molecular complexity index is 1620. The van der Waals surface area contributed by atoms with Gasteiger partial charge in [0.05, 0.1) is 5.75 Å². The van der Waals surface area contributed by atoms with E-state index in [1.165, 1.54) is 10.7 Å². The number of nitrogens with zero attached hydrogens (tertiary/aromatic N) is 3. The average molecular weight is 695 g/mol. The lowest BCUT2D eigenvalue weighted by Crippen LogP contribution is -2.61. The van der Waals surface area contributed by atoms with Gasteiger partial charge in [-0.3, -0.25) is 9.69 Å². The third kappa shape index (κ3) is 7.82. The van der Waals surface area contributed by atoms with E-state index in [1.54, 1.807) is 0 Å². The molecule has 0 radical (unpaired) electrons. The monoisotopic (exact) mass is 694 g/mol. The van der Waals surface area contributed by atoms with Crippen LogP contribution in [0.4, 0.5) is 0 Å². The van der Waals surface area contributed by atoms with Gasteiger partial charge in [-0.1, -0.05) is 77.9 Å². The highest BCUT2D eigenvalue weighted by molar-refractivity contribution is 7.89. The number of nitrogens with one attached hydrogen (secondary N) is 1. The van der Waals surface area contributed by atoms with Crippen LogP contribution in [0.3, 0.4) is 0 Å². The first-order valence-electron chi connectivity index (χ1n) is 18.2. The van der Waals surface area contributed by atoms with Crippen LogP contribution in [0.25, 0.3) is 0 Å². The Morgan fingerprint density at radius 2 is 1.80 bits per heavy atom. The summed E-state index contributed by atoms with van der Waals surface area (Å²) in [6.07, 6.45) is 3.54. The van der Waals surface area contributed by atoms with Crippen molar-refractivity contribution in [3.05, 3.63) is 59.2 Å². The van der Waals surface area contributed by atoms with E-state index in [-0.39, 0.29) is 42.5 Å². The van der Waals surface area contributed by atoms with Gasteiger partial charge in [0.1, 0.15) is 6.04 Å². The van der Waals surface area contributed by atoms with Gasteiger partial charge in [-0.15, -0.1) is 0 Å². The van der Waals surface area contributed by atoms with E-state index in [0.29, 0.717) is 42.7 Å². The van der Waals surface area contributed by atoms with Crippen molar-refractivity contribution in [3.8, 4) is 11.5 Å². The predicted octanol–water partition coefficient (Wildman–Crippen LogP) is 5.87. The minimum absolute atomic E-state index is 0.00323. The minimum Gasteiger partial charge on any atom is -0.454 e. The third-order valence-corrected chi connectivity index (χ3v) is 13.7. The summed E-state index contributed by atoms with van der Waals surface area (Å²) >= 11 is 0. The largest absolute Gasteiger partial charge is 0.454 e. The maximum Gasteiger partial charge on any atom is 0.238 e. The number of amides is 1. The molecule has 0 aromatic heterocycles. The first kappa shape index (κ1) is 36.1. The van der Waals surface area contributed by atoms with Crippen LogP contribution in [0, 0.1) is 28.6 Å². The molecule has 1 amide bonds. The minimum atomic E-state index is -3.55. The van der Waals surface area contributed by atoms with Gasteiger partial charge in [0, 0.05) is 43.8 Å². The Morgan fingerprint density at radius 1 is 1.06 bits per heavy atom. The summed E-state index contributed by atoms with van der Waals surface area (Å²) in [7, 11) is 0.683. The highest BCUT2D eigenvalue weighted by Crippen LogP contribution is 2.61. The zero-order chi connectivity index (χ0) is 35.3. The van der Waals surface area contributed by atoms with Crippen LogP contribution in [0.2, 0.25) is 0 Å². The van der Waals surface area contributed by atoms with Crippen molar-refractivity contribution < 1.29 is 22.7 Å². The molecule has 1 unspecified atom stereocenters. The molecular weight excluding hydrogens is 637 g/mol. The van der Waals surface area contributed by atoms with Crippen molar-refractivity contribution in [1.29, 1.82) is 0 Å². The number of ether oxygens (including phenoxy) is 2. The van der Waals surface area contributed by atoms with Crippen LogP contribution < -0.4 is 14.8 Å². The Kier molecular flexibility index (Phi) is 10.2. The van der Waals surface area contributed by atoms with Crippen LogP contribution in [0.15, 0.2) is 42.5 Å². The quantitative estimate of drug-likeness (QED) is 0.297. The fraction of sp³-hybridized carbons (Fsp3) is 0.667. The van der Waals surface area contributed by atoms with Gasteiger partial charge < -0.3 is 19.7 Å². The maximum atomic E-state index is 13.7. The highest BCUT2D eigenvalue weighted by atomic mass is 32.2. The SMILES string of the molecule is C[C@@H]1[C@@H](NC(=O)C2CCS(=O)(=O)N2Cc2cccc(CN(Cc3cccc4c3OCO4)[C@H](CN(C)C)CC(C)(C)C)c2)C[C@H]2C[C@@H]1C2(C)C. The number of hydrogen-bond acceptors (Lipinski definition) is 7. The van der Waals surface area contributed by atoms with Gasteiger partial charge >= 0.3 is 0 Å².